The minimum absolute atomic E-state index is 0.630. The van der Waals surface area contributed by atoms with Crippen LogP contribution in [0.25, 0.3) is 0 Å². The van der Waals surface area contributed by atoms with Crippen molar-refractivity contribution < 1.29 is 0 Å². The smallest absolute Gasteiger partial charge is 0.0345 e. The normalized spacial score (nSPS) is 16.9. The lowest BCUT2D eigenvalue weighted by Gasteiger charge is -2.32. The fourth-order valence-electron chi connectivity index (χ4n) is 2.69. The summed E-state index contributed by atoms with van der Waals surface area (Å²) >= 11 is 0. The summed E-state index contributed by atoms with van der Waals surface area (Å²) in [5.41, 5.74) is 4.12. The van der Waals surface area contributed by atoms with E-state index in [0.717, 1.165) is 13.0 Å². The maximum atomic E-state index is 3.70. The van der Waals surface area contributed by atoms with E-state index in [4.69, 9.17) is 0 Å². The summed E-state index contributed by atoms with van der Waals surface area (Å²) in [6, 6.07) is 9.47. The fourth-order valence-corrected chi connectivity index (χ4v) is 2.69. The summed E-state index contributed by atoms with van der Waals surface area (Å²) in [6.45, 7) is 10.1. The Hall–Kier alpha value is -1.28. The highest BCUT2D eigenvalue weighted by Gasteiger charge is 2.18. The van der Waals surface area contributed by atoms with Crippen molar-refractivity contribution in [2.24, 2.45) is 0 Å². The molecule has 0 bridgehead atoms. The molecule has 1 heterocycles. The Morgan fingerprint density at radius 3 is 2.70 bits per heavy atom. The van der Waals surface area contributed by atoms with Gasteiger partial charge in [0.2, 0.25) is 0 Å². The second kappa shape index (κ2) is 7.49. The standard InChI is InChI=1S/C18H28N2/c1-4-16-6-5-7-18(14-16)19-17-9-12-20(13-10-17)11-8-15(2)3/h5-8,14,17,19H,4,9-13H2,1-3H3. The van der Waals surface area contributed by atoms with E-state index in [1.807, 2.05) is 0 Å². The van der Waals surface area contributed by atoms with Gasteiger partial charge < -0.3 is 5.32 Å². The zero-order valence-corrected chi connectivity index (χ0v) is 13.2. The van der Waals surface area contributed by atoms with Gasteiger partial charge in [0.05, 0.1) is 0 Å². The molecule has 2 heteroatoms. The number of hydrogen-bond donors (Lipinski definition) is 1. The third-order valence-corrected chi connectivity index (χ3v) is 4.05. The van der Waals surface area contributed by atoms with Gasteiger partial charge in [0.1, 0.15) is 0 Å². The van der Waals surface area contributed by atoms with Crippen LogP contribution in [0.3, 0.4) is 0 Å². The molecule has 2 rings (SSSR count). The highest BCUT2D eigenvalue weighted by molar-refractivity contribution is 5.46. The van der Waals surface area contributed by atoms with Crippen molar-refractivity contribution in [2.75, 3.05) is 25.0 Å². The maximum absolute atomic E-state index is 3.70. The van der Waals surface area contributed by atoms with Crippen LogP contribution in [0, 0.1) is 0 Å². The molecule has 2 nitrogen and oxygen atoms in total. The van der Waals surface area contributed by atoms with Crippen LogP contribution in [0.5, 0.6) is 0 Å². The molecule has 1 fully saturated rings. The highest BCUT2D eigenvalue weighted by Crippen LogP contribution is 2.18. The largest absolute Gasteiger partial charge is 0.382 e. The molecule has 1 aliphatic heterocycles. The van der Waals surface area contributed by atoms with Gasteiger partial charge in [-0.05, 0) is 50.8 Å². The first-order valence-corrected chi connectivity index (χ1v) is 7.88. The number of piperidine rings is 1. The minimum atomic E-state index is 0.630. The molecule has 0 amide bonds. The number of allylic oxidation sites excluding steroid dienone is 1. The van der Waals surface area contributed by atoms with E-state index in [9.17, 15) is 0 Å². The predicted octanol–water partition coefficient (Wildman–Crippen LogP) is 4.09. The lowest BCUT2D eigenvalue weighted by molar-refractivity contribution is 0.240. The third kappa shape index (κ3) is 4.68. The minimum Gasteiger partial charge on any atom is -0.382 e. The highest BCUT2D eigenvalue weighted by atomic mass is 15.1. The van der Waals surface area contributed by atoms with Crippen LogP contribution in [0.4, 0.5) is 5.69 Å². The SMILES string of the molecule is CCc1cccc(NC2CCN(CC=C(C)C)CC2)c1. The van der Waals surface area contributed by atoms with Crippen molar-refractivity contribution in [3.63, 3.8) is 0 Å². The van der Waals surface area contributed by atoms with Gasteiger partial charge in [-0.15, -0.1) is 0 Å². The van der Waals surface area contributed by atoms with Gasteiger partial charge in [-0.2, -0.15) is 0 Å². The van der Waals surface area contributed by atoms with Crippen molar-refractivity contribution in [1.29, 1.82) is 0 Å². The van der Waals surface area contributed by atoms with Gasteiger partial charge in [-0.1, -0.05) is 30.7 Å². The first kappa shape index (κ1) is 15.1. The van der Waals surface area contributed by atoms with E-state index in [1.54, 1.807) is 0 Å². The Morgan fingerprint density at radius 1 is 1.30 bits per heavy atom. The van der Waals surface area contributed by atoms with Gasteiger partial charge in [0, 0.05) is 31.4 Å². The second-order valence-corrected chi connectivity index (χ2v) is 6.05. The molecule has 1 aromatic carbocycles. The zero-order valence-electron chi connectivity index (χ0n) is 13.2. The van der Waals surface area contributed by atoms with Crippen molar-refractivity contribution in [1.82, 2.24) is 4.90 Å². The van der Waals surface area contributed by atoms with Crippen LogP contribution in [0.2, 0.25) is 0 Å². The van der Waals surface area contributed by atoms with Crippen LogP contribution >= 0.6 is 0 Å². The second-order valence-electron chi connectivity index (χ2n) is 6.05. The van der Waals surface area contributed by atoms with E-state index in [0.29, 0.717) is 6.04 Å². The molecule has 20 heavy (non-hydrogen) atoms. The van der Waals surface area contributed by atoms with E-state index >= 15 is 0 Å². The Morgan fingerprint density at radius 2 is 2.05 bits per heavy atom. The summed E-state index contributed by atoms with van der Waals surface area (Å²) < 4.78 is 0. The molecule has 1 aliphatic rings. The van der Waals surface area contributed by atoms with Crippen LogP contribution in [-0.2, 0) is 6.42 Å². The summed E-state index contributed by atoms with van der Waals surface area (Å²) in [6.07, 6.45) is 5.93. The lowest BCUT2D eigenvalue weighted by atomic mass is 10.0. The van der Waals surface area contributed by atoms with Crippen LogP contribution < -0.4 is 5.32 Å². The van der Waals surface area contributed by atoms with Gasteiger partial charge in [-0.3, -0.25) is 4.90 Å². The monoisotopic (exact) mass is 272 g/mol. The first-order valence-electron chi connectivity index (χ1n) is 7.88. The molecule has 0 radical (unpaired) electrons. The Balaban J connectivity index is 1.80. The molecule has 0 unspecified atom stereocenters. The van der Waals surface area contributed by atoms with E-state index in [-0.39, 0.29) is 0 Å². The first-order chi connectivity index (χ1) is 9.67. The van der Waals surface area contributed by atoms with Gasteiger partial charge >= 0.3 is 0 Å². The number of aryl methyl sites for hydroxylation is 1. The van der Waals surface area contributed by atoms with E-state index in [1.165, 1.54) is 42.8 Å². The third-order valence-electron chi connectivity index (χ3n) is 4.05. The van der Waals surface area contributed by atoms with Crippen LogP contribution in [0.1, 0.15) is 39.2 Å². The number of hydrogen-bond acceptors (Lipinski definition) is 2. The summed E-state index contributed by atoms with van der Waals surface area (Å²) in [7, 11) is 0. The summed E-state index contributed by atoms with van der Waals surface area (Å²) in [4.78, 5) is 2.55. The molecule has 0 aliphatic carbocycles. The van der Waals surface area contributed by atoms with Crippen LogP contribution in [0.15, 0.2) is 35.9 Å². The van der Waals surface area contributed by atoms with Crippen molar-refractivity contribution in [3.05, 3.63) is 41.5 Å². The number of nitrogens with zero attached hydrogens (tertiary/aromatic N) is 1. The van der Waals surface area contributed by atoms with Crippen LogP contribution in [-0.4, -0.2) is 30.6 Å². The summed E-state index contributed by atoms with van der Waals surface area (Å²) in [5.74, 6) is 0. The van der Waals surface area contributed by atoms with E-state index < -0.39 is 0 Å². The van der Waals surface area contributed by atoms with E-state index in [2.05, 4.69) is 61.3 Å². The number of anilines is 1. The maximum Gasteiger partial charge on any atom is 0.0345 e. The molecule has 110 valence electrons. The number of nitrogens with one attached hydrogen (secondary N) is 1. The van der Waals surface area contributed by atoms with Gasteiger partial charge in [0.15, 0.2) is 0 Å². The number of likely N-dealkylation sites (tertiary alicyclic amines) is 1. The quantitative estimate of drug-likeness (QED) is 0.812. The predicted molar refractivity (Wildman–Crippen MR) is 88.3 cm³/mol. The molecule has 1 N–H and O–H groups in total. The fraction of sp³-hybridized carbons (Fsp3) is 0.556. The van der Waals surface area contributed by atoms with Gasteiger partial charge in [-0.25, -0.2) is 0 Å². The summed E-state index contributed by atoms with van der Waals surface area (Å²) in [5, 5.41) is 3.70. The molecular formula is C18H28N2. The molecule has 1 saturated heterocycles. The average molecular weight is 272 g/mol. The molecule has 0 atom stereocenters. The number of rotatable bonds is 5. The molecule has 1 aromatic rings. The number of benzene rings is 1. The van der Waals surface area contributed by atoms with Crippen molar-refractivity contribution in [3.8, 4) is 0 Å². The topological polar surface area (TPSA) is 15.3 Å². The van der Waals surface area contributed by atoms with Crippen molar-refractivity contribution in [2.45, 2.75) is 46.1 Å². The molecule has 0 spiro atoms. The zero-order chi connectivity index (χ0) is 14.4. The average Bonchev–Trinajstić information content (AvgIpc) is 2.47. The molecule has 0 saturated carbocycles. The van der Waals surface area contributed by atoms with Crippen molar-refractivity contribution >= 4 is 5.69 Å². The Bertz CT molecular complexity index is 438. The molecular weight excluding hydrogens is 244 g/mol. The lowest BCUT2D eigenvalue weighted by Crippen LogP contribution is -2.39. The Kier molecular flexibility index (Phi) is 5.66. The Labute approximate surface area is 123 Å². The van der Waals surface area contributed by atoms with Gasteiger partial charge in [0.25, 0.3) is 0 Å². The molecule has 0 aromatic heterocycles.